The quantitative estimate of drug-likeness (QED) is 0.612. The van der Waals surface area contributed by atoms with E-state index in [1.807, 2.05) is 44.2 Å². The van der Waals surface area contributed by atoms with Crippen molar-refractivity contribution in [1.29, 1.82) is 0 Å². The molecule has 3 aromatic rings. The van der Waals surface area contributed by atoms with Crippen LogP contribution in [0.15, 0.2) is 52.2 Å². The predicted octanol–water partition coefficient (Wildman–Crippen LogP) is 2.95. The highest BCUT2D eigenvalue weighted by Gasteiger charge is 2.13. The number of aryl methyl sites for hydroxylation is 2. The summed E-state index contributed by atoms with van der Waals surface area (Å²) in [6.07, 6.45) is 0.998. The lowest BCUT2D eigenvalue weighted by Crippen LogP contribution is -2.19. The minimum absolute atomic E-state index is 0.117. The fourth-order valence-corrected chi connectivity index (χ4v) is 3.38. The number of hydrogen-bond acceptors (Lipinski definition) is 5. The van der Waals surface area contributed by atoms with Gasteiger partial charge in [-0.1, -0.05) is 25.1 Å². The second-order valence-corrected chi connectivity index (χ2v) is 7.12. The first-order valence-electron chi connectivity index (χ1n) is 8.70. The van der Waals surface area contributed by atoms with Crippen LogP contribution < -0.4 is 10.9 Å². The van der Waals surface area contributed by atoms with Crippen LogP contribution in [0.5, 0.6) is 0 Å². The van der Waals surface area contributed by atoms with Gasteiger partial charge in [0, 0.05) is 34.9 Å². The zero-order chi connectivity index (χ0) is 19.2. The molecule has 2 N–H and O–H groups in total. The number of aromatic amines is 1. The van der Waals surface area contributed by atoms with Crippen molar-refractivity contribution in [3.63, 3.8) is 0 Å². The van der Waals surface area contributed by atoms with Crippen LogP contribution in [0, 0.1) is 6.92 Å². The molecule has 0 unspecified atom stereocenters. The summed E-state index contributed by atoms with van der Waals surface area (Å²) in [4.78, 5) is 32.4. The summed E-state index contributed by atoms with van der Waals surface area (Å²) in [5, 5.41) is 7.20. The largest absolute Gasteiger partial charge is 0.310 e. The molecule has 0 aliphatic heterocycles. The molecule has 0 aliphatic rings. The number of benzene rings is 1. The molecule has 140 valence electrons. The maximum Gasteiger partial charge on any atom is 0.252 e. The van der Waals surface area contributed by atoms with E-state index in [2.05, 4.69) is 20.4 Å². The molecule has 1 amide bonds. The Bertz CT molecular complexity index is 981. The Balaban J connectivity index is 1.69. The number of anilines is 1. The van der Waals surface area contributed by atoms with Gasteiger partial charge < -0.3 is 5.32 Å². The fourth-order valence-electron chi connectivity index (χ4n) is 2.51. The summed E-state index contributed by atoms with van der Waals surface area (Å²) in [6.45, 7) is 3.74. The predicted molar refractivity (Wildman–Crippen MR) is 107 cm³/mol. The minimum Gasteiger partial charge on any atom is -0.310 e. The Morgan fingerprint density at radius 2 is 2.04 bits per heavy atom. The van der Waals surface area contributed by atoms with Crippen molar-refractivity contribution in [1.82, 2.24) is 19.7 Å². The van der Waals surface area contributed by atoms with Crippen LogP contribution in [0.4, 0.5) is 5.82 Å². The second-order valence-electron chi connectivity index (χ2n) is 5.96. The second kappa shape index (κ2) is 8.68. The maximum absolute atomic E-state index is 12.3. The van der Waals surface area contributed by atoms with Crippen molar-refractivity contribution in [2.75, 3.05) is 11.1 Å². The fraction of sp³-hybridized carbons (Fsp3) is 0.263. The van der Waals surface area contributed by atoms with Gasteiger partial charge in [0.2, 0.25) is 11.9 Å². The molecule has 0 saturated carbocycles. The Hall–Kier alpha value is -2.87. The molecule has 3 rings (SSSR count). The molecule has 0 saturated heterocycles. The van der Waals surface area contributed by atoms with Crippen LogP contribution in [0.25, 0.3) is 5.95 Å². The van der Waals surface area contributed by atoms with Gasteiger partial charge in [-0.3, -0.25) is 14.6 Å². The Labute approximate surface area is 161 Å². The van der Waals surface area contributed by atoms with Crippen LogP contribution >= 0.6 is 11.8 Å². The smallest absolute Gasteiger partial charge is 0.252 e. The first-order chi connectivity index (χ1) is 13.0. The van der Waals surface area contributed by atoms with E-state index in [9.17, 15) is 9.59 Å². The maximum atomic E-state index is 12.3. The van der Waals surface area contributed by atoms with Crippen molar-refractivity contribution < 1.29 is 4.79 Å². The van der Waals surface area contributed by atoms with E-state index in [0.717, 1.165) is 4.90 Å². The number of nitrogens with one attached hydrogen (secondary N) is 2. The van der Waals surface area contributed by atoms with E-state index >= 15 is 0 Å². The first-order valence-corrected chi connectivity index (χ1v) is 9.68. The van der Waals surface area contributed by atoms with Crippen LogP contribution in [-0.2, 0) is 11.2 Å². The van der Waals surface area contributed by atoms with E-state index in [-0.39, 0.29) is 11.5 Å². The third-order valence-corrected chi connectivity index (χ3v) is 4.80. The van der Waals surface area contributed by atoms with Crippen LogP contribution in [0.1, 0.15) is 24.7 Å². The van der Waals surface area contributed by atoms with Gasteiger partial charge >= 0.3 is 0 Å². The number of carbonyl (C=O) groups excluding carboxylic acids is 1. The molecule has 0 spiro atoms. The SMILES string of the molecule is CCc1cc(=O)[nH]c(-n2nc(C)cc2NC(=O)CCSc2ccccc2)n1. The molecule has 0 aliphatic carbocycles. The van der Waals surface area contributed by atoms with Gasteiger partial charge in [-0.15, -0.1) is 11.8 Å². The topological polar surface area (TPSA) is 92.7 Å². The Morgan fingerprint density at radius 3 is 2.78 bits per heavy atom. The zero-order valence-electron chi connectivity index (χ0n) is 15.2. The van der Waals surface area contributed by atoms with Crippen molar-refractivity contribution in [2.45, 2.75) is 31.6 Å². The molecule has 2 aromatic heterocycles. The average molecular weight is 383 g/mol. The van der Waals surface area contributed by atoms with Gasteiger partial charge in [-0.25, -0.2) is 4.98 Å². The number of nitrogens with zero attached hydrogens (tertiary/aromatic N) is 3. The van der Waals surface area contributed by atoms with E-state index in [0.29, 0.717) is 41.7 Å². The summed E-state index contributed by atoms with van der Waals surface area (Å²) in [6, 6.07) is 13.2. The number of thioether (sulfide) groups is 1. The van der Waals surface area contributed by atoms with Gasteiger partial charge in [-0.05, 0) is 25.5 Å². The van der Waals surface area contributed by atoms with Crippen LogP contribution in [-0.4, -0.2) is 31.4 Å². The molecule has 0 fully saturated rings. The molecule has 1 aromatic carbocycles. The normalized spacial score (nSPS) is 10.7. The molecule has 2 heterocycles. The van der Waals surface area contributed by atoms with Crippen molar-refractivity contribution in [3.05, 3.63) is 64.2 Å². The van der Waals surface area contributed by atoms with Crippen molar-refractivity contribution in [3.8, 4) is 5.95 Å². The number of carbonyl (C=O) groups is 1. The van der Waals surface area contributed by atoms with E-state index in [1.165, 1.54) is 10.7 Å². The average Bonchev–Trinajstić information content (AvgIpc) is 3.02. The molecule has 0 radical (unpaired) electrons. The van der Waals surface area contributed by atoms with E-state index < -0.39 is 0 Å². The molecule has 0 bridgehead atoms. The third-order valence-electron chi connectivity index (χ3n) is 3.79. The lowest BCUT2D eigenvalue weighted by atomic mass is 10.3. The van der Waals surface area contributed by atoms with Gasteiger partial charge in [-0.2, -0.15) is 9.78 Å². The van der Waals surface area contributed by atoms with Crippen LogP contribution in [0.2, 0.25) is 0 Å². The summed E-state index contributed by atoms with van der Waals surface area (Å²) < 4.78 is 1.46. The van der Waals surface area contributed by atoms with E-state index in [4.69, 9.17) is 0 Å². The highest BCUT2D eigenvalue weighted by atomic mass is 32.2. The van der Waals surface area contributed by atoms with Crippen molar-refractivity contribution in [2.24, 2.45) is 0 Å². The number of H-pyrrole nitrogens is 1. The number of hydrogen-bond donors (Lipinski definition) is 2. The summed E-state index contributed by atoms with van der Waals surface area (Å²) in [5.41, 5.74) is 1.13. The Morgan fingerprint density at radius 1 is 1.26 bits per heavy atom. The molecular formula is C19H21N5O2S. The molecule has 7 nitrogen and oxygen atoms in total. The number of amides is 1. The lowest BCUT2D eigenvalue weighted by Gasteiger charge is -2.09. The Kier molecular flexibility index (Phi) is 6.08. The van der Waals surface area contributed by atoms with Crippen molar-refractivity contribution >= 4 is 23.5 Å². The molecule has 0 atom stereocenters. The van der Waals surface area contributed by atoms with Crippen LogP contribution in [0.3, 0.4) is 0 Å². The standard InChI is InChI=1S/C19H21N5O2S/c1-3-14-12-18(26)22-19(20-14)24-16(11-13(2)23-24)21-17(25)9-10-27-15-7-5-4-6-8-15/h4-8,11-12H,3,9-10H2,1-2H3,(H,21,25)(H,20,22,26). The lowest BCUT2D eigenvalue weighted by molar-refractivity contribution is -0.115. The third kappa shape index (κ3) is 5.07. The first kappa shape index (κ1) is 18.9. The summed E-state index contributed by atoms with van der Waals surface area (Å²) in [5.74, 6) is 1.33. The highest BCUT2D eigenvalue weighted by molar-refractivity contribution is 7.99. The van der Waals surface area contributed by atoms with Gasteiger partial charge in [0.15, 0.2) is 0 Å². The highest BCUT2D eigenvalue weighted by Crippen LogP contribution is 2.19. The van der Waals surface area contributed by atoms with Gasteiger partial charge in [0.25, 0.3) is 5.56 Å². The summed E-state index contributed by atoms with van der Waals surface area (Å²) >= 11 is 1.63. The number of rotatable bonds is 7. The van der Waals surface area contributed by atoms with Gasteiger partial charge in [0.1, 0.15) is 5.82 Å². The zero-order valence-corrected chi connectivity index (χ0v) is 16.0. The summed E-state index contributed by atoms with van der Waals surface area (Å²) in [7, 11) is 0. The van der Waals surface area contributed by atoms with Gasteiger partial charge in [0.05, 0.1) is 5.69 Å². The monoisotopic (exact) mass is 383 g/mol. The number of aromatic nitrogens is 4. The molecule has 8 heteroatoms. The minimum atomic E-state index is -0.249. The molecule has 27 heavy (non-hydrogen) atoms. The van der Waals surface area contributed by atoms with E-state index in [1.54, 1.807) is 17.8 Å². The molecular weight excluding hydrogens is 362 g/mol.